The van der Waals surface area contributed by atoms with E-state index in [1.807, 2.05) is 0 Å². The fraction of sp³-hybridized carbons (Fsp3) is 0.962. The number of fused-ring (bicyclic) bond motifs is 2. The van der Waals surface area contributed by atoms with Crippen LogP contribution >= 0.6 is 0 Å². The van der Waals surface area contributed by atoms with E-state index in [0.29, 0.717) is 34.6 Å². The van der Waals surface area contributed by atoms with Crippen molar-refractivity contribution in [2.45, 2.75) is 104 Å². The van der Waals surface area contributed by atoms with Gasteiger partial charge in [-0.15, -0.1) is 0 Å². The lowest BCUT2D eigenvalue weighted by atomic mass is 9.70. The summed E-state index contributed by atoms with van der Waals surface area (Å²) in [4.78, 5) is 12.2. The van der Waals surface area contributed by atoms with Gasteiger partial charge in [0.15, 0.2) is 6.54 Å². The smallest absolute Gasteiger partial charge is 0.361 e. The Balaban J connectivity index is 0.00000480. The number of rotatable bonds is 15. The molecule has 2 aliphatic rings. The highest BCUT2D eigenvalue weighted by molar-refractivity contribution is 5.70. The first-order chi connectivity index (χ1) is 14.1. The molecule has 31 heavy (non-hydrogen) atoms. The largest absolute Gasteiger partial charge is 1.00 e. The van der Waals surface area contributed by atoms with Crippen molar-refractivity contribution in [3.05, 3.63) is 0 Å². The molecule has 0 heterocycles. The number of unbranched alkanes of at least 4 members (excludes halogenated alkanes) is 7. The van der Waals surface area contributed by atoms with Gasteiger partial charge in [0.25, 0.3) is 0 Å². The quantitative estimate of drug-likeness (QED) is 0.196. The molecular weight excluding hydrogens is 454 g/mol. The molecule has 2 saturated carbocycles. The lowest BCUT2D eigenvalue weighted by Crippen LogP contribution is -3.00. The maximum Gasteiger partial charge on any atom is 0.361 e. The second-order valence-electron chi connectivity index (χ2n) is 11.5. The Morgan fingerprint density at radius 2 is 1.58 bits per heavy atom. The molecule has 0 aliphatic heterocycles. The summed E-state index contributed by atoms with van der Waals surface area (Å²) in [5.74, 6) is 0.734. The van der Waals surface area contributed by atoms with Crippen molar-refractivity contribution in [2.24, 2.45) is 16.7 Å². The number of hydrogen-bond donors (Lipinski definition) is 0. The predicted octanol–water partition coefficient (Wildman–Crippen LogP) is 2.98. The number of carbonyl (C=O) groups excluding carboxylic acids is 1. The van der Waals surface area contributed by atoms with Gasteiger partial charge in [0, 0.05) is 0 Å². The third-order valence-corrected chi connectivity index (χ3v) is 8.55. The molecule has 0 aromatic heterocycles. The van der Waals surface area contributed by atoms with E-state index in [1.165, 1.54) is 64.2 Å². The minimum atomic E-state index is -0.0732. The van der Waals surface area contributed by atoms with Gasteiger partial charge in [0.1, 0.15) is 6.54 Å². The Bertz CT molecular complexity index is 537. The molecule has 0 saturated heterocycles. The number of nitrogens with zero attached hydrogens (tertiary/aromatic N) is 1. The van der Waals surface area contributed by atoms with Crippen LogP contribution in [-0.4, -0.2) is 57.0 Å². The van der Waals surface area contributed by atoms with Gasteiger partial charge in [-0.25, -0.2) is 4.79 Å². The third kappa shape index (κ3) is 7.99. The van der Waals surface area contributed by atoms with Crippen LogP contribution in [0.3, 0.4) is 0 Å². The Morgan fingerprint density at radius 1 is 0.968 bits per heavy atom. The first-order valence-electron chi connectivity index (χ1n) is 12.7. The third-order valence-electron chi connectivity index (χ3n) is 8.55. The van der Waals surface area contributed by atoms with Crippen LogP contribution in [-0.2, 0) is 14.3 Å². The molecular formula is C26H50BrNO3. The van der Waals surface area contributed by atoms with Crippen LogP contribution in [0.5, 0.6) is 0 Å². The molecule has 3 atom stereocenters. The normalized spacial score (nSPS) is 26.6. The summed E-state index contributed by atoms with van der Waals surface area (Å²) in [5.41, 5.74) is 0.699. The van der Waals surface area contributed by atoms with Crippen molar-refractivity contribution < 1.29 is 35.7 Å². The van der Waals surface area contributed by atoms with Crippen molar-refractivity contribution in [1.82, 2.24) is 0 Å². The molecule has 184 valence electrons. The van der Waals surface area contributed by atoms with Gasteiger partial charge in [-0.1, -0.05) is 72.6 Å². The molecule has 0 aromatic rings. The summed E-state index contributed by atoms with van der Waals surface area (Å²) in [7, 11) is 4.21. The first-order valence-corrected chi connectivity index (χ1v) is 12.7. The number of quaternary nitrogens is 1. The number of esters is 1. The molecule has 2 aliphatic carbocycles. The number of carbonyl (C=O) groups is 1. The van der Waals surface area contributed by atoms with Crippen molar-refractivity contribution in [3.63, 3.8) is 0 Å². The molecule has 0 N–H and O–H groups in total. The average molecular weight is 505 g/mol. The maximum absolute atomic E-state index is 12.2. The summed E-state index contributed by atoms with van der Waals surface area (Å²) in [6.45, 7) is 12.1. The van der Waals surface area contributed by atoms with Crippen molar-refractivity contribution >= 4 is 5.97 Å². The van der Waals surface area contributed by atoms with Crippen LogP contribution in [0.1, 0.15) is 98.3 Å². The van der Waals surface area contributed by atoms with Gasteiger partial charge in [-0.3, -0.25) is 0 Å². The molecule has 0 amide bonds. The van der Waals surface area contributed by atoms with E-state index in [2.05, 4.69) is 41.8 Å². The molecule has 3 unspecified atom stereocenters. The van der Waals surface area contributed by atoms with E-state index in [-0.39, 0.29) is 23.0 Å². The van der Waals surface area contributed by atoms with Crippen LogP contribution in [0, 0.1) is 16.7 Å². The average Bonchev–Trinajstić information content (AvgIpc) is 2.99. The summed E-state index contributed by atoms with van der Waals surface area (Å²) < 4.78 is 12.5. The molecule has 2 bridgehead atoms. The summed E-state index contributed by atoms with van der Waals surface area (Å²) in [6, 6.07) is 0. The standard InChI is InChI=1S/C26H50NO3.BrH/c1-7-8-9-10-11-12-13-14-18-30-24(28)21-27(5,6)17-19-29-23-20-22-15-16-26(23,4)25(22,2)3;/h22-23H,7-21H2,1-6H3;1H/q+1;/p-1. The first kappa shape index (κ1) is 28.9. The molecule has 0 radical (unpaired) electrons. The van der Waals surface area contributed by atoms with Gasteiger partial charge in [0.2, 0.25) is 0 Å². The number of halogens is 1. The van der Waals surface area contributed by atoms with E-state index in [0.717, 1.165) is 25.5 Å². The minimum Gasteiger partial charge on any atom is -1.00 e. The van der Waals surface area contributed by atoms with Gasteiger partial charge < -0.3 is 30.9 Å². The summed E-state index contributed by atoms with van der Waals surface area (Å²) >= 11 is 0. The molecule has 0 spiro atoms. The van der Waals surface area contributed by atoms with Crippen LogP contribution in [0.15, 0.2) is 0 Å². The zero-order chi connectivity index (χ0) is 22.3. The SMILES string of the molecule is CCCCCCCCCCOC(=O)C[N+](C)(C)CCOC1CC2CCC1(C)C2(C)C.[Br-]. The highest BCUT2D eigenvalue weighted by atomic mass is 79.9. The van der Waals surface area contributed by atoms with E-state index in [1.54, 1.807) is 0 Å². The molecule has 2 rings (SSSR count). The number of hydrogen-bond acceptors (Lipinski definition) is 3. The van der Waals surface area contributed by atoms with Gasteiger partial charge in [-0.2, -0.15) is 0 Å². The maximum atomic E-state index is 12.2. The van der Waals surface area contributed by atoms with Crippen molar-refractivity contribution in [2.75, 3.05) is 40.4 Å². The fourth-order valence-electron chi connectivity index (χ4n) is 5.72. The van der Waals surface area contributed by atoms with Crippen LogP contribution in [0.25, 0.3) is 0 Å². The van der Waals surface area contributed by atoms with Gasteiger partial charge in [-0.05, 0) is 42.4 Å². The molecule has 4 nitrogen and oxygen atoms in total. The lowest BCUT2D eigenvalue weighted by molar-refractivity contribution is -0.883. The summed E-state index contributed by atoms with van der Waals surface area (Å²) in [6.07, 6.45) is 14.3. The second-order valence-corrected chi connectivity index (χ2v) is 11.5. The molecule has 2 fully saturated rings. The van der Waals surface area contributed by atoms with Crippen LogP contribution in [0.4, 0.5) is 0 Å². The number of likely N-dealkylation sites (N-methyl/N-ethyl adjacent to an activating group) is 1. The van der Waals surface area contributed by atoms with E-state index < -0.39 is 0 Å². The predicted molar refractivity (Wildman–Crippen MR) is 124 cm³/mol. The Morgan fingerprint density at radius 3 is 2.13 bits per heavy atom. The number of ether oxygens (including phenoxy) is 2. The van der Waals surface area contributed by atoms with Crippen LogP contribution in [0.2, 0.25) is 0 Å². The zero-order valence-corrected chi connectivity index (χ0v) is 22.9. The van der Waals surface area contributed by atoms with Crippen LogP contribution < -0.4 is 17.0 Å². The van der Waals surface area contributed by atoms with Crippen molar-refractivity contribution in [3.8, 4) is 0 Å². The zero-order valence-electron chi connectivity index (χ0n) is 21.3. The van der Waals surface area contributed by atoms with E-state index in [9.17, 15) is 4.79 Å². The molecule has 0 aromatic carbocycles. The van der Waals surface area contributed by atoms with Gasteiger partial charge >= 0.3 is 5.97 Å². The van der Waals surface area contributed by atoms with Gasteiger partial charge in [0.05, 0.1) is 33.4 Å². The van der Waals surface area contributed by atoms with E-state index >= 15 is 0 Å². The topological polar surface area (TPSA) is 35.5 Å². The minimum absolute atomic E-state index is 0. The highest BCUT2D eigenvalue weighted by Crippen LogP contribution is 2.66. The van der Waals surface area contributed by atoms with E-state index in [4.69, 9.17) is 9.47 Å². The highest BCUT2D eigenvalue weighted by Gasteiger charge is 2.61. The Labute approximate surface area is 203 Å². The summed E-state index contributed by atoms with van der Waals surface area (Å²) in [5, 5.41) is 0. The second kappa shape index (κ2) is 12.9. The lowest BCUT2D eigenvalue weighted by Gasteiger charge is -2.39. The fourth-order valence-corrected chi connectivity index (χ4v) is 5.72. The molecule has 5 heteroatoms. The monoisotopic (exact) mass is 503 g/mol. The van der Waals surface area contributed by atoms with Crippen molar-refractivity contribution in [1.29, 1.82) is 0 Å². The Hall–Kier alpha value is -0.130. The Kier molecular flexibility index (Phi) is 12.1.